The van der Waals surface area contributed by atoms with Crippen molar-refractivity contribution in [2.24, 2.45) is 5.73 Å². The molecular weight excluding hydrogens is 234 g/mol. The van der Waals surface area contributed by atoms with Crippen LogP contribution in [0.15, 0.2) is 4.52 Å². The molecule has 0 aliphatic heterocycles. The first-order chi connectivity index (χ1) is 8.77. The smallest absolute Gasteiger partial charge is 0.229 e. The van der Waals surface area contributed by atoms with Gasteiger partial charge in [-0.2, -0.15) is 4.98 Å². The van der Waals surface area contributed by atoms with E-state index >= 15 is 0 Å². The summed E-state index contributed by atoms with van der Waals surface area (Å²) in [5.41, 5.74) is 5.47. The first kappa shape index (κ1) is 15.1. The molecule has 18 heavy (non-hydrogen) atoms. The van der Waals surface area contributed by atoms with Crippen molar-refractivity contribution in [1.82, 2.24) is 10.1 Å². The van der Waals surface area contributed by atoms with Crippen LogP contribution in [0, 0.1) is 0 Å². The van der Waals surface area contributed by atoms with Crippen LogP contribution >= 0.6 is 0 Å². The normalized spacial score (nSPS) is 12.8. The Bertz CT molecular complexity index is 317. The third-order valence-electron chi connectivity index (χ3n) is 2.65. The molecule has 0 bridgehead atoms. The van der Waals surface area contributed by atoms with Gasteiger partial charge in [-0.3, -0.25) is 0 Å². The third kappa shape index (κ3) is 5.57. The molecule has 0 spiro atoms. The van der Waals surface area contributed by atoms with Crippen LogP contribution < -0.4 is 5.73 Å². The molecule has 2 N–H and O–H groups in total. The van der Waals surface area contributed by atoms with E-state index in [0.717, 1.165) is 12.8 Å². The highest BCUT2D eigenvalue weighted by molar-refractivity contribution is 4.92. The molecule has 0 aromatic carbocycles. The SMILES string of the molecule is COCCOCCc1noc(C(C)CCCN)n1. The van der Waals surface area contributed by atoms with Gasteiger partial charge in [-0.05, 0) is 19.4 Å². The van der Waals surface area contributed by atoms with Crippen molar-refractivity contribution in [2.45, 2.75) is 32.1 Å². The summed E-state index contributed by atoms with van der Waals surface area (Å²) in [5.74, 6) is 1.65. The fourth-order valence-corrected chi connectivity index (χ4v) is 1.52. The number of ether oxygens (including phenoxy) is 2. The van der Waals surface area contributed by atoms with E-state index in [1.165, 1.54) is 0 Å². The number of hydrogen-bond acceptors (Lipinski definition) is 6. The summed E-state index contributed by atoms with van der Waals surface area (Å²) in [5, 5.41) is 3.93. The van der Waals surface area contributed by atoms with E-state index in [-0.39, 0.29) is 5.92 Å². The quantitative estimate of drug-likeness (QED) is 0.632. The van der Waals surface area contributed by atoms with Crippen molar-refractivity contribution >= 4 is 0 Å². The summed E-state index contributed by atoms with van der Waals surface area (Å²) in [4.78, 5) is 4.35. The Balaban J connectivity index is 2.25. The maximum Gasteiger partial charge on any atom is 0.229 e. The van der Waals surface area contributed by atoms with Gasteiger partial charge in [0.05, 0.1) is 19.8 Å². The van der Waals surface area contributed by atoms with Gasteiger partial charge >= 0.3 is 0 Å². The Morgan fingerprint density at radius 2 is 2.17 bits per heavy atom. The first-order valence-corrected chi connectivity index (χ1v) is 6.37. The van der Waals surface area contributed by atoms with Crippen molar-refractivity contribution in [3.8, 4) is 0 Å². The van der Waals surface area contributed by atoms with Gasteiger partial charge in [-0.1, -0.05) is 12.1 Å². The van der Waals surface area contributed by atoms with E-state index in [2.05, 4.69) is 17.1 Å². The van der Waals surface area contributed by atoms with Gasteiger partial charge in [0.2, 0.25) is 5.89 Å². The molecule has 1 heterocycles. The molecule has 0 saturated heterocycles. The molecular formula is C12H23N3O3. The first-order valence-electron chi connectivity index (χ1n) is 6.37. The molecule has 0 fully saturated rings. The average Bonchev–Trinajstić information content (AvgIpc) is 2.84. The summed E-state index contributed by atoms with van der Waals surface area (Å²) in [7, 11) is 1.65. The van der Waals surface area contributed by atoms with Gasteiger partial charge in [0.1, 0.15) is 0 Å². The van der Waals surface area contributed by atoms with Gasteiger partial charge in [-0.25, -0.2) is 0 Å². The summed E-state index contributed by atoms with van der Waals surface area (Å²) in [6, 6.07) is 0. The van der Waals surface area contributed by atoms with Crippen LogP contribution in [0.1, 0.15) is 37.4 Å². The molecule has 0 amide bonds. The maximum absolute atomic E-state index is 5.47. The molecule has 1 atom stereocenters. The Labute approximate surface area is 108 Å². The zero-order valence-electron chi connectivity index (χ0n) is 11.2. The number of nitrogens with zero attached hydrogens (tertiary/aromatic N) is 2. The van der Waals surface area contributed by atoms with Crippen LogP contribution in [0.5, 0.6) is 0 Å². The van der Waals surface area contributed by atoms with Crippen LogP contribution in [0.2, 0.25) is 0 Å². The topological polar surface area (TPSA) is 83.4 Å². The number of nitrogens with two attached hydrogens (primary N) is 1. The molecule has 0 aliphatic carbocycles. The van der Waals surface area contributed by atoms with E-state index in [9.17, 15) is 0 Å². The summed E-state index contributed by atoms with van der Waals surface area (Å²) in [6.07, 6.45) is 2.61. The number of rotatable bonds is 10. The predicted octanol–water partition coefficient (Wildman–Crippen LogP) is 1.12. The lowest BCUT2D eigenvalue weighted by Crippen LogP contribution is -2.06. The van der Waals surface area contributed by atoms with Crippen molar-refractivity contribution < 1.29 is 14.0 Å². The van der Waals surface area contributed by atoms with Crippen LogP contribution in [-0.4, -0.2) is 43.6 Å². The highest BCUT2D eigenvalue weighted by Crippen LogP contribution is 2.18. The van der Waals surface area contributed by atoms with E-state index in [1.54, 1.807) is 7.11 Å². The highest BCUT2D eigenvalue weighted by Gasteiger charge is 2.13. The molecule has 6 heteroatoms. The lowest BCUT2D eigenvalue weighted by Gasteiger charge is -2.03. The Morgan fingerprint density at radius 1 is 1.33 bits per heavy atom. The predicted molar refractivity (Wildman–Crippen MR) is 67.4 cm³/mol. The lowest BCUT2D eigenvalue weighted by atomic mass is 10.1. The maximum atomic E-state index is 5.47. The zero-order valence-corrected chi connectivity index (χ0v) is 11.2. The van der Waals surface area contributed by atoms with Gasteiger partial charge in [0.25, 0.3) is 0 Å². The van der Waals surface area contributed by atoms with E-state index in [1.807, 2.05) is 0 Å². The largest absolute Gasteiger partial charge is 0.382 e. The average molecular weight is 257 g/mol. The Hall–Kier alpha value is -0.980. The highest BCUT2D eigenvalue weighted by atomic mass is 16.5. The Morgan fingerprint density at radius 3 is 2.89 bits per heavy atom. The van der Waals surface area contributed by atoms with E-state index < -0.39 is 0 Å². The molecule has 104 valence electrons. The number of aromatic nitrogens is 2. The molecule has 1 aromatic heterocycles. The number of methoxy groups -OCH3 is 1. The molecule has 0 aliphatic rings. The minimum absolute atomic E-state index is 0.268. The number of hydrogen-bond donors (Lipinski definition) is 1. The van der Waals surface area contributed by atoms with Gasteiger partial charge in [0, 0.05) is 19.4 Å². The summed E-state index contributed by atoms with van der Waals surface area (Å²) in [6.45, 7) is 4.54. The second kappa shape index (κ2) is 9.02. The minimum Gasteiger partial charge on any atom is -0.382 e. The standard InChI is InChI=1S/C12H23N3O3/c1-10(4-3-6-13)12-14-11(15-18-12)5-7-17-9-8-16-2/h10H,3-9,13H2,1-2H3. The monoisotopic (exact) mass is 257 g/mol. The van der Waals surface area contributed by atoms with Gasteiger partial charge in [0.15, 0.2) is 5.82 Å². The van der Waals surface area contributed by atoms with Crippen molar-refractivity contribution in [1.29, 1.82) is 0 Å². The summed E-state index contributed by atoms with van der Waals surface area (Å²) < 4.78 is 15.5. The van der Waals surface area contributed by atoms with Crippen LogP contribution in [0.25, 0.3) is 0 Å². The molecule has 1 rings (SSSR count). The minimum atomic E-state index is 0.268. The van der Waals surface area contributed by atoms with Crippen molar-refractivity contribution in [3.05, 3.63) is 11.7 Å². The fraction of sp³-hybridized carbons (Fsp3) is 0.833. The molecule has 0 radical (unpaired) electrons. The van der Waals surface area contributed by atoms with Gasteiger partial charge in [-0.15, -0.1) is 0 Å². The molecule has 6 nitrogen and oxygen atoms in total. The van der Waals surface area contributed by atoms with Crippen LogP contribution in [0.4, 0.5) is 0 Å². The van der Waals surface area contributed by atoms with Crippen LogP contribution in [-0.2, 0) is 15.9 Å². The van der Waals surface area contributed by atoms with Gasteiger partial charge < -0.3 is 19.7 Å². The molecule has 1 unspecified atom stereocenters. The second-order valence-corrected chi connectivity index (χ2v) is 4.24. The lowest BCUT2D eigenvalue weighted by molar-refractivity contribution is 0.0714. The zero-order chi connectivity index (χ0) is 13.2. The molecule has 0 saturated carbocycles. The fourth-order valence-electron chi connectivity index (χ4n) is 1.52. The van der Waals surface area contributed by atoms with E-state index in [0.29, 0.717) is 44.5 Å². The van der Waals surface area contributed by atoms with Crippen molar-refractivity contribution in [3.63, 3.8) is 0 Å². The molecule has 1 aromatic rings. The summed E-state index contributed by atoms with van der Waals surface area (Å²) >= 11 is 0. The Kier molecular flexibility index (Phi) is 7.55. The van der Waals surface area contributed by atoms with Crippen LogP contribution in [0.3, 0.4) is 0 Å². The van der Waals surface area contributed by atoms with Crippen molar-refractivity contribution in [2.75, 3.05) is 33.5 Å². The van der Waals surface area contributed by atoms with E-state index in [4.69, 9.17) is 19.7 Å². The third-order valence-corrected chi connectivity index (χ3v) is 2.65. The second-order valence-electron chi connectivity index (χ2n) is 4.24.